The van der Waals surface area contributed by atoms with Crippen molar-refractivity contribution in [3.63, 3.8) is 0 Å². The average molecular weight is 495 g/mol. The highest BCUT2D eigenvalue weighted by atomic mass is 32.2. The van der Waals surface area contributed by atoms with Gasteiger partial charge >= 0.3 is 0 Å². The normalized spacial score (nSPS) is 11.5. The van der Waals surface area contributed by atoms with Crippen molar-refractivity contribution in [3.8, 4) is 5.75 Å². The maximum Gasteiger partial charge on any atom is 0.255 e. The van der Waals surface area contributed by atoms with Crippen LogP contribution in [0.15, 0.2) is 88.9 Å². The summed E-state index contributed by atoms with van der Waals surface area (Å²) in [6, 6.07) is 21.5. The van der Waals surface area contributed by atoms with Crippen LogP contribution >= 0.6 is 0 Å². The predicted molar refractivity (Wildman–Crippen MR) is 133 cm³/mol. The molecule has 0 aromatic heterocycles. The van der Waals surface area contributed by atoms with E-state index < -0.39 is 22.5 Å². The number of hydrazone groups is 1. The quantitative estimate of drug-likeness (QED) is 0.295. The third-order valence-corrected chi connectivity index (χ3v) is 6.81. The molecule has 35 heavy (non-hydrogen) atoms. The van der Waals surface area contributed by atoms with Gasteiger partial charge in [-0.3, -0.25) is 9.59 Å². The fraction of sp³-hybridized carbons (Fsp3) is 0.160. The highest BCUT2D eigenvalue weighted by Gasteiger charge is 2.26. The van der Waals surface area contributed by atoms with Gasteiger partial charge in [0.05, 0.1) is 17.7 Å². The van der Waals surface area contributed by atoms with E-state index in [0.29, 0.717) is 17.7 Å². The van der Waals surface area contributed by atoms with Gasteiger partial charge < -0.3 is 10.4 Å². The number of phenols is 1. The number of aromatic hydroxyl groups is 1. The molecule has 0 saturated carbocycles. The van der Waals surface area contributed by atoms with Crippen LogP contribution in [0.25, 0.3) is 0 Å². The van der Waals surface area contributed by atoms with Crippen molar-refractivity contribution in [3.05, 3.63) is 90.0 Å². The van der Waals surface area contributed by atoms with Crippen molar-refractivity contribution >= 4 is 33.7 Å². The largest absolute Gasteiger partial charge is 0.507 e. The van der Waals surface area contributed by atoms with E-state index in [4.69, 9.17) is 0 Å². The summed E-state index contributed by atoms with van der Waals surface area (Å²) in [5.74, 6) is -0.908. The third kappa shape index (κ3) is 7.49. The molecule has 0 bridgehead atoms. The third-order valence-electron chi connectivity index (χ3n) is 4.95. The Kier molecular flexibility index (Phi) is 8.71. The lowest BCUT2D eigenvalue weighted by molar-refractivity contribution is -0.121. The van der Waals surface area contributed by atoms with Gasteiger partial charge in [0.15, 0.2) is 0 Å². The molecule has 3 aromatic rings. The monoisotopic (exact) mass is 494 g/mol. The van der Waals surface area contributed by atoms with Crippen molar-refractivity contribution in [1.29, 1.82) is 0 Å². The number of benzene rings is 3. The predicted octanol–water partition coefficient (Wildman–Crippen LogP) is 2.73. The van der Waals surface area contributed by atoms with Crippen LogP contribution in [0.5, 0.6) is 5.75 Å². The number of hydrogen-bond donors (Lipinski definition) is 3. The number of amides is 2. The lowest BCUT2D eigenvalue weighted by Crippen LogP contribution is -2.40. The first-order chi connectivity index (χ1) is 16.8. The van der Waals surface area contributed by atoms with E-state index in [1.165, 1.54) is 43.5 Å². The van der Waals surface area contributed by atoms with Crippen molar-refractivity contribution in [2.45, 2.75) is 18.2 Å². The first kappa shape index (κ1) is 25.6. The zero-order chi connectivity index (χ0) is 25.3. The molecule has 0 aliphatic heterocycles. The number of hydrogen-bond acceptors (Lipinski definition) is 6. The molecular formula is C25H26N4O5S. The number of rotatable bonds is 10. The number of para-hydroxylation sites is 1. The number of sulfonamides is 1. The standard InChI is InChI=1S/C25H26N4O5S/c1-19(30)27-22-11-13-23(14-12-22)35(33,34)29(16-15-20-7-3-2-4-8-20)18-25(32)28-26-17-21-9-5-6-10-24(21)31/h2-14,17,31H,15-16,18H2,1H3,(H,27,30)(H,28,32)/b26-17-. The van der Waals surface area contributed by atoms with Gasteiger partial charge in [-0.1, -0.05) is 42.5 Å². The van der Waals surface area contributed by atoms with E-state index in [1.54, 1.807) is 18.2 Å². The summed E-state index contributed by atoms with van der Waals surface area (Å²) < 4.78 is 27.8. The lowest BCUT2D eigenvalue weighted by atomic mass is 10.1. The van der Waals surface area contributed by atoms with Gasteiger partial charge in [0.25, 0.3) is 5.91 Å². The van der Waals surface area contributed by atoms with E-state index in [0.717, 1.165) is 9.87 Å². The van der Waals surface area contributed by atoms with Crippen molar-refractivity contribution in [1.82, 2.24) is 9.73 Å². The Balaban J connectivity index is 1.76. The van der Waals surface area contributed by atoms with E-state index >= 15 is 0 Å². The van der Waals surface area contributed by atoms with Gasteiger partial charge in [-0.25, -0.2) is 13.8 Å². The zero-order valence-electron chi connectivity index (χ0n) is 19.1. The smallest absolute Gasteiger partial charge is 0.255 e. The molecular weight excluding hydrogens is 468 g/mol. The Bertz CT molecular complexity index is 1290. The molecule has 3 N–H and O–H groups in total. The molecule has 0 aliphatic carbocycles. The van der Waals surface area contributed by atoms with Crippen molar-refractivity contribution in [2.24, 2.45) is 5.10 Å². The van der Waals surface area contributed by atoms with E-state index in [1.807, 2.05) is 30.3 Å². The molecule has 0 spiro atoms. The van der Waals surface area contributed by atoms with Gasteiger partial charge in [0, 0.05) is 24.7 Å². The summed E-state index contributed by atoms with van der Waals surface area (Å²) in [4.78, 5) is 23.8. The van der Waals surface area contributed by atoms with Crippen LogP contribution in [-0.4, -0.2) is 48.9 Å². The summed E-state index contributed by atoms with van der Waals surface area (Å²) in [5, 5.41) is 16.2. The highest BCUT2D eigenvalue weighted by molar-refractivity contribution is 7.89. The number of nitrogens with one attached hydrogen (secondary N) is 2. The van der Waals surface area contributed by atoms with E-state index in [9.17, 15) is 23.1 Å². The molecule has 0 saturated heterocycles. The summed E-state index contributed by atoms with van der Waals surface area (Å²) in [5.41, 5.74) is 4.09. The second-order valence-electron chi connectivity index (χ2n) is 7.63. The molecule has 0 atom stereocenters. The number of carbonyl (C=O) groups is 2. The Hall–Kier alpha value is -4.02. The second kappa shape index (κ2) is 11.9. The molecule has 3 aromatic carbocycles. The fourth-order valence-corrected chi connectivity index (χ4v) is 4.61. The van der Waals surface area contributed by atoms with Crippen molar-refractivity contribution in [2.75, 3.05) is 18.4 Å². The fourth-order valence-electron chi connectivity index (χ4n) is 3.21. The molecule has 0 heterocycles. The maximum atomic E-state index is 13.3. The van der Waals surface area contributed by atoms with Gasteiger partial charge in [0.1, 0.15) is 5.75 Å². The van der Waals surface area contributed by atoms with Gasteiger partial charge in [-0.2, -0.15) is 9.41 Å². The van der Waals surface area contributed by atoms with E-state index in [-0.39, 0.29) is 23.1 Å². The van der Waals surface area contributed by atoms with Crippen LogP contribution in [-0.2, 0) is 26.0 Å². The number of anilines is 1. The summed E-state index contributed by atoms with van der Waals surface area (Å²) >= 11 is 0. The topological polar surface area (TPSA) is 128 Å². The number of phenolic OH excluding ortho intramolecular Hbond substituents is 1. The Morgan fingerprint density at radius 1 is 0.971 bits per heavy atom. The van der Waals surface area contributed by atoms with Crippen LogP contribution in [0.3, 0.4) is 0 Å². The van der Waals surface area contributed by atoms with Crippen LogP contribution in [0.2, 0.25) is 0 Å². The van der Waals surface area contributed by atoms with Gasteiger partial charge in [0.2, 0.25) is 15.9 Å². The summed E-state index contributed by atoms with van der Waals surface area (Å²) in [7, 11) is -4.03. The second-order valence-corrected chi connectivity index (χ2v) is 9.57. The number of carbonyl (C=O) groups excluding carboxylic acids is 2. The molecule has 10 heteroatoms. The first-order valence-corrected chi connectivity index (χ1v) is 12.2. The lowest BCUT2D eigenvalue weighted by Gasteiger charge is -2.21. The Morgan fingerprint density at radius 2 is 1.63 bits per heavy atom. The minimum absolute atomic E-state index is 0.000254. The molecule has 9 nitrogen and oxygen atoms in total. The Labute approximate surface area is 204 Å². The van der Waals surface area contributed by atoms with Crippen LogP contribution in [0, 0.1) is 0 Å². The van der Waals surface area contributed by atoms with Crippen LogP contribution in [0.1, 0.15) is 18.1 Å². The Morgan fingerprint density at radius 3 is 2.29 bits per heavy atom. The van der Waals surface area contributed by atoms with E-state index in [2.05, 4.69) is 15.8 Å². The number of nitrogens with zero attached hydrogens (tertiary/aromatic N) is 2. The average Bonchev–Trinajstić information content (AvgIpc) is 2.83. The van der Waals surface area contributed by atoms with Gasteiger partial charge in [-0.15, -0.1) is 0 Å². The molecule has 0 radical (unpaired) electrons. The van der Waals surface area contributed by atoms with Crippen molar-refractivity contribution < 1.29 is 23.1 Å². The van der Waals surface area contributed by atoms with Gasteiger partial charge in [-0.05, 0) is 48.4 Å². The summed E-state index contributed by atoms with van der Waals surface area (Å²) in [6.07, 6.45) is 1.68. The SMILES string of the molecule is CC(=O)Nc1ccc(S(=O)(=O)N(CCc2ccccc2)CC(=O)N/N=C\c2ccccc2O)cc1. The molecule has 0 aliphatic rings. The minimum atomic E-state index is -4.03. The highest BCUT2D eigenvalue weighted by Crippen LogP contribution is 2.19. The first-order valence-electron chi connectivity index (χ1n) is 10.8. The van der Waals surface area contributed by atoms with Crippen LogP contribution in [0.4, 0.5) is 5.69 Å². The van der Waals surface area contributed by atoms with Crippen LogP contribution < -0.4 is 10.7 Å². The minimum Gasteiger partial charge on any atom is -0.507 e. The maximum absolute atomic E-state index is 13.3. The molecule has 0 fully saturated rings. The molecule has 0 unspecified atom stereocenters. The molecule has 2 amide bonds. The summed E-state index contributed by atoms with van der Waals surface area (Å²) in [6.45, 7) is 0.966. The zero-order valence-corrected chi connectivity index (χ0v) is 19.9. The molecule has 182 valence electrons. The molecule has 3 rings (SSSR count).